The predicted octanol–water partition coefficient (Wildman–Crippen LogP) is -0.325. The Hall–Kier alpha value is -0.610. The van der Waals surface area contributed by atoms with Crippen molar-refractivity contribution in [2.75, 3.05) is 19.6 Å². The van der Waals surface area contributed by atoms with Gasteiger partial charge in [0.15, 0.2) is 0 Å². The van der Waals surface area contributed by atoms with Gasteiger partial charge in [0.1, 0.15) is 0 Å². The second kappa shape index (κ2) is 5.19. The minimum absolute atomic E-state index is 0.232. The Kier molecular flexibility index (Phi) is 4.18. The highest BCUT2D eigenvalue weighted by atomic mass is 16.1. The fourth-order valence-corrected chi connectivity index (χ4v) is 1.99. The Morgan fingerprint density at radius 1 is 1.46 bits per heavy atom. The third-order valence-electron chi connectivity index (χ3n) is 2.61. The topological polar surface area (TPSA) is 72.3 Å². The van der Waals surface area contributed by atoms with Crippen LogP contribution in [0.3, 0.4) is 0 Å². The third kappa shape index (κ3) is 3.32. The van der Waals surface area contributed by atoms with E-state index in [0.717, 1.165) is 19.4 Å². The van der Waals surface area contributed by atoms with Crippen molar-refractivity contribution in [3.63, 3.8) is 0 Å². The highest BCUT2D eigenvalue weighted by molar-refractivity contribution is 5.75. The molecular weight excluding hydrogens is 166 g/mol. The number of primary amides is 1. The van der Waals surface area contributed by atoms with Crippen LogP contribution >= 0.6 is 0 Å². The van der Waals surface area contributed by atoms with Crippen LogP contribution in [0.5, 0.6) is 0 Å². The average molecular weight is 185 g/mol. The van der Waals surface area contributed by atoms with Gasteiger partial charge in [-0.05, 0) is 32.4 Å². The molecule has 4 nitrogen and oxygen atoms in total. The maximum absolute atomic E-state index is 10.8. The van der Waals surface area contributed by atoms with Crippen LogP contribution in [0, 0.1) is 0 Å². The fourth-order valence-electron chi connectivity index (χ4n) is 1.99. The predicted molar refractivity (Wildman–Crippen MR) is 52.1 cm³/mol. The molecule has 1 aliphatic heterocycles. The van der Waals surface area contributed by atoms with Crippen molar-refractivity contribution in [3.8, 4) is 0 Å². The summed E-state index contributed by atoms with van der Waals surface area (Å²) in [5, 5.41) is 0. The summed E-state index contributed by atoms with van der Waals surface area (Å²) in [6.07, 6.45) is 4.56. The number of hydrogen-bond acceptors (Lipinski definition) is 3. The molecule has 0 aromatic rings. The number of likely N-dealkylation sites (tertiary alicyclic amines) is 1. The van der Waals surface area contributed by atoms with E-state index >= 15 is 0 Å². The van der Waals surface area contributed by atoms with Crippen LogP contribution < -0.4 is 11.5 Å². The van der Waals surface area contributed by atoms with Gasteiger partial charge in [-0.1, -0.05) is 6.42 Å². The highest BCUT2D eigenvalue weighted by Gasteiger charge is 2.22. The minimum Gasteiger partial charge on any atom is -0.369 e. The van der Waals surface area contributed by atoms with Gasteiger partial charge >= 0.3 is 0 Å². The molecular formula is C9H19N3O. The lowest BCUT2D eigenvalue weighted by Crippen LogP contribution is -2.45. The van der Waals surface area contributed by atoms with Gasteiger partial charge in [0.2, 0.25) is 5.91 Å². The second-order valence-corrected chi connectivity index (χ2v) is 3.66. The lowest BCUT2D eigenvalue weighted by atomic mass is 9.99. The van der Waals surface area contributed by atoms with E-state index < -0.39 is 0 Å². The van der Waals surface area contributed by atoms with Crippen LogP contribution in [0.15, 0.2) is 0 Å². The minimum atomic E-state index is -0.232. The van der Waals surface area contributed by atoms with Crippen LogP contribution in [-0.4, -0.2) is 36.5 Å². The Morgan fingerprint density at radius 2 is 2.23 bits per heavy atom. The SMILES string of the molecule is NCCC1CCCCN1CC(N)=O. The summed E-state index contributed by atoms with van der Waals surface area (Å²) in [4.78, 5) is 12.9. The number of carbonyl (C=O) groups is 1. The monoisotopic (exact) mass is 185 g/mol. The molecule has 0 bridgehead atoms. The molecule has 1 heterocycles. The summed E-state index contributed by atoms with van der Waals surface area (Å²) in [5.41, 5.74) is 10.7. The van der Waals surface area contributed by atoms with Crippen LogP contribution in [0.2, 0.25) is 0 Å². The third-order valence-corrected chi connectivity index (χ3v) is 2.61. The van der Waals surface area contributed by atoms with Crippen LogP contribution in [0.4, 0.5) is 0 Å². The number of carbonyl (C=O) groups excluding carboxylic acids is 1. The molecule has 1 unspecified atom stereocenters. The molecule has 76 valence electrons. The quantitative estimate of drug-likeness (QED) is 0.630. The zero-order chi connectivity index (χ0) is 9.68. The summed E-state index contributed by atoms with van der Waals surface area (Å²) in [7, 11) is 0. The fraction of sp³-hybridized carbons (Fsp3) is 0.889. The molecule has 0 radical (unpaired) electrons. The molecule has 0 saturated carbocycles. The molecule has 1 atom stereocenters. The zero-order valence-electron chi connectivity index (χ0n) is 8.04. The number of hydrogen-bond donors (Lipinski definition) is 2. The largest absolute Gasteiger partial charge is 0.369 e. The molecule has 0 aromatic carbocycles. The van der Waals surface area contributed by atoms with Gasteiger partial charge < -0.3 is 11.5 Å². The van der Waals surface area contributed by atoms with Gasteiger partial charge in [-0.15, -0.1) is 0 Å². The van der Waals surface area contributed by atoms with Gasteiger partial charge in [-0.25, -0.2) is 0 Å². The Labute approximate surface area is 79.3 Å². The first-order chi connectivity index (χ1) is 6.24. The van der Waals surface area contributed by atoms with Crippen molar-refractivity contribution in [1.82, 2.24) is 4.90 Å². The standard InChI is InChI=1S/C9H19N3O/c10-5-4-8-3-1-2-6-12(8)7-9(11)13/h8H,1-7,10H2,(H2,11,13). The molecule has 0 aliphatic carbocycles. The number of rotatable bonds is 4. The number of nitrogens with zero attached hydrogens (tertiary/aromatic N) is 1. The van der Waals surface area contributed by atoms with E-state index in [0.29, 0.717) is 19.1 Å². The van der Waals surface area contributed by atoms with Gasteiger partial charge in [0, 0.05) is 6.04 Å². The van der Waals surface area contributed by atoms with Crippen molar-refractivity contribution in [1.29, 1.82) is 0 Å². The first-order valence-corrected chi connectivity index (χ1v) is 4.96. The molecule has 13 heavy (non-hydrogen) atoms. The number of piperidine rings is 1. The highest BCUT2D eigenvalue weighted by Crippen LogP contribution is 2.18. The molecule has 0 aromatic heterocycles. The second-order valence-electron chi connectivity index (χ2n) is 3.66. The van der Waals surface area contributed by atoms with E-state index in [-0.39, 0.29) is 5.91 Å². The van der Waals surface area contributed by atoms with E-state index in [1.807, 2.05) is 0 Å². The smallest absolute Gasteiger partial charge is 0.231 e. The van der Waals surface area contributed by atoms with Crippen LogP contribution in [0.25, 0.3) is 0 Å². The van der Waals surface area contributed by atoms with Gasteiger partial charge in [0.05, 0.1) is 6.54 Å². The first kappa shape index (κ1) is 10.5. The van der Waals surface area contributed by atoms with E-state index in [1.54, 1.807) is 0 Å². The van der Waals surface area contributed by atoms with E-state index in [4.69, 9.17) is 11.5 Å². The molecule has 0 spiro atoms. The van der Waals surface area contributed by atoms with Crippen LogP contribution in [0.1, 0.15) is 25.7 Å². The van der Waals surface area contributed by atoms with Crippen molar-refractivity contribution in [3.05, 3.63) is 0 Å². The van der Waals surface area contributed by atoms with Crippen molar-refractivity contribution in [2.24, 2.45) is 11.5 Å². The van der Waals surface area contributed by atoms with Crippen molar-refractivity contribution >= 4 is 5.91 Å². The summed E-state index contributed by atoms with van der Waals surface area (Å²) >= 11 is 0. The van der Waals surface area contributed by atoms with Crippen molar-refractivity contribution < 1.29 is 4.79 Å². The van der Waals surface area contributed by atoms with E-state index in [2.05, 4.69) is 4.90 Å². The zero-order valence-corrected chi connectivity index (χ0v) is 8.04. The molecule has 1 rings (SSSR count). The number of amides is 1. The molecule has 1 aliphatic rings. The molecule has 4 heteroatoms. The average Bonchev–Trinajstić information content (AvgIpc) is 2.08. The Bertz CT molecular complexity index is 170. The molecule has 1 amide bonds. The molecule has 1 saturated heterocycles. The van der Waals surface area contributed by atoms with E-state index in [1.165, 1.54) is 12.8 Å². The summed E-state index contributed by atoms with van der Waals surface area (Å²) in [6, 6.07) is 0.478. The van der Waals surface area contributed by atoms with Gasteiger partial charge in [0.25, 0.3) is 0 Å². The van der Waals surface area contributed by atoms with E-state index in [9.17, 15) is 4.79 Å². The Morgan fingerprint density at radius 3 is 2.85 bits per heavy atom. The van der Waals surface area contributed by atoms with Crippen LogP contribution in [-0.2, 0) is 4.79 Å². The molecule has 1 fully saturated rings. The number of nitrogens with two attached hydrogens (primary N) is 2. The van der Waals surface area contributed by atoms with Gasteiger partial charge in [-0.3, -0.25) is 9.69 Å². The summed E-state index contributed by atoms with van der Waals surface area (Å²) < 4.78 is 0. The molecule has 4 N–H and O–H groups in total. The summed E-state index contributed by atoms with van der Waals surface area (Å²) in [5.74, 6) is -0.232. The van der Waals surface area contributed by atoms with Crippen molar-refractivity contribution in [2.45, 2.75) is 31.7 Å². The van der Waals surface area contributed by atoms with Gasteiger partial charge in [-0.2, -0.15) is 0 Å². The summed E-state index contributed by atoms with van der Waals surface area (Å²) in [6.45, 7) is 2.08. The maximum Gasteiger partial charge on any atom is 0.231 e. The maximum atomic E-state index is 10.8. The first-order valence-electron chi connectivity index (χ1n) is 4.96. The normalized spacial score (nSPS) is 24.5. The lowest BCUT2D eigenvalue weighted by Gasteiger charge is -2.34. The Balaban J connectivity index is 2.41. The lowest BCUT2D eigenvalue weighted by molar-refractivity contribution is -0.120.